The molecule has 0 bridgehead atoms. The molecule has 0 aliphatic carbocycles. The van der Waals surface area contributed by atoms with Crippen molar-refractivity contribution in [1.29, 1.82) is 0 Å². The molecule has 0 amide bonds. The SMILES string of the molecule is CCOC(=O)c1c(NCC(=O)c2ccc(OC)cc2)sc(C)c1C. The molecule has 0 fully saturated rings. The number of nitrogens with one attached hydrogen (secondary N) is 1. The van der Waals surface area contributed by atoms with E-state index < -0.39 is 0 Å². The van der Waals surface area contributed by atoms with Gasteiger partial charge in [-0.25, -0.2) is 4.79 Å². The molecule has 128 valence electrons. The van der Waals surface area contributed by atoms with E-state index in [4.69, 9.17) is 9.47 Å². The Bertz CT molecular complexity index is 734. The number of ether oxygens (including phenoxy) is 2. The van der Waals surface area contributed by atoms with Crippen molar-refractivity contribution in [2.45, 2.75) is 20.8 Å². The lowest BCUT2D eigenvalue weighted by Gasteiger charge is -2.08. The van der Waals surface area contributed by atoms with Gasteiger partial charge in [-0.3, -0.25) is 4.79 Å². The molecule has 0 aliphatic heterocycles. The van der Waals surface area contributed by atoms with Crippen LogP contribution in [0, 0.1) is 13.8 Å². The molecule has 0 saturated heterocycles. The van der Waals surface area contributed by atoms with E-state index in [9.17, 15) is 9.59 Å². The van der Waals surface area contributed by atoms with Crippen molar-refractivity contribution >= 4 is 28.1 Å². The van der Waals surface area contributed by atoms with Crippen LogP contribution in [0.4, 0.5) is 5.00 Å². The zero-order valence-corrected chi connectivity index (χ0v) is 15.1. The number of benzene rings is 1. The summed E-state index contributed by atoms with van der Waals surface area (Å²) in [6, 6.07) is 6.94. The highest BCUT2D eigenvalue weighted by atomic mass is 32.1. The van der Waals surface area contributed by atoms with E-state index in [1.54, 1.807) is 38.3 Å². The summed E-state index contributed by atoms with van der Waals surface area (Å²) < 4.78 is 10.2. The van der Waals surface area contributed by atoms with Gasteiger partial charge in [0.05, 0.1) is 25.8 Å². The largest absolute Gasteiger partial charge is 0.497 e. The molecule has 0 atom stereocenters. The van der Waals surface area contributed by atoms with Gasteiger partial charge in [0.2, 0.25) is 0 Å². The molecule has 0 saturated carbocycles. The highest BCUT2D eigenvalue weighted by Crippen LogP contribution is 2.33. The van der Waals surface area contributed by atoms with Crippen molar-refractivity contribution in [2.75, 3.05) is 25.6 Å². The van der Waals surface area contributed by atoms with Crippen LogP contribution in [0.15, 0.2) is 24.3 Å². The number of hydrogen-bond acceptors (Lipinski definition) is 6. The average Bonchev–Trinajstić information content (AvgIpc) is 2.87. The van der Waals surface area contributed by atoms with Crippen LogP contribution in [0.1, 0.15) is 38.1 Å². The van der Waals surface area contributed by atoms with Crippen molar-refractivity contribution in [3.05, 3.63) is 45.8 Å². The van der Waals surface area contributed by atoms with Gasteiger partial charge in [0, 0.05) is 10.4 Å². The van der Waals surface area contributed by atoms with Crippen LogP contribution in [-0.4, -0.2) is 32.0 Å². The Morgan fingerprint density at radius 3 is 2.42 bits per heavy atom. The van der Waals surface area contributed by atoms with Gasteiger partial charge in [-0.1, -0.05) is 0 Å². The van der Waals surface area contributed by atoms with Crippen LogP contribution in [-0.2, 0) is 4.74 Å². The molecule has 0 spiro atoms. The first-order chi connectivity index (χ1) is 11.5. The van der Waals surface area contributed by atoms with Crippen molar-refractivity contribution < 1.29 is 19.1 Å². The monoisotopic (exact) mass is 347 g/mol. The molecule has 6 heteroatoms. The number of methoxy groups -OCH3 is 1. The zero-order chi connectivity index (χ0) is 17.7. The number of carbonyl (C=O) groups excluding carboxylic acids is 2. The fourth-order valence-electron chi connectivity index (χ4n) is 2.24. The minimum absolute atomic E-state index is 0.0591. The number of esters is 1. The van der Waals surface area contributed by atoms with Gasteiger partial charge in [0.1, 0.15) is 10.8 Å². The van der Waals surface area contributed by atoms with E-state index in [1.807, 2.05) is 13.8 Å². The summed E-state index contributed by atoms with van der Waals surface area (Å²) in [6.45, 7) is 6.02. The molecule has 1 aromatic carbocycles. The van der Waals surface area contributed by atoms with Crippen LogP contribution >= 0.6 is 11.3 Å². The highest BCUT2D eigenvalue weighted by molar-refractivity contribution is 7.16. The predicted octanol–water partition coefficient (Wildman–Crippen LogP) is 3.85. The maximum Gasteiger partial charge on any atom is 0.341 e. The fourth-order valence-corrected chi connectivity index (χ4v) is 3.28. The number of hydrogen-bond donors (Lipinski definition) is 1. The van der Waals surface area contributed by atoms with Gasteiger partial charge < -0.3 is 14.8 Å². The Morgan fingerprint density at radius 2 is 1.83 bits per heavy atom. The number of carbonyl (C=O) groups is 2. The van der Waals surface area contributed by atoms with Gasteiger partial charge in [-0.05, 0) is 50.6 Å². The summed E-state index contributed by atoms with van der Waals surface area (Å²) in [5, 5.41) is 3.75. The van der Waals surface area contributed by atoms with Crippen LogP contribution in [0.2, 0.25) is 0 Å². The summed E-state index contributed by atoms with van der Waals surface area (Å²) >= 11 is 1.45. The van der Waals surface area contributed by atoms with E-state index >= 15 is 0 Å². The lowest BCUT2D eigenvalue weighted by molar-refractivity contribution is 0.0527. The second kappa shape index (κ2) is 7.97. The van der Waals surface area contributed by atoms with Gasteiger partial charge in [0.15, 0.2) is 5.78 Å². The molecule has 0 radical (unpaired) electrons. The maximum absolute atomic E-state index is 12.3. The van der Waals surface area contributed by atoms with E-state index in [1.165, 1.54) is 11.3 Å². The van der Waals surface area contributed by atoms with Crippen LogP contribution in [0.3, 0.4) is 0 Å². The van der Waals surface area contributed by atoms with E-state index in [0.29, 0.717) is 28.5 Å². The van der Waals surface area contributed by atoms with Gasteiger partial charge >= 0.3 is 5.97 Å². The van der Waals surface area contributed by atoms with E-state index in [2.05, 4.69) is 5.32 Å². The summed E-state index contributed by atoms with van der Waals surface area (Å²) in [7, 11) is 1.58. The minimum Gasteiger partial charge on any atom is -0.497 e. The molecule has 5 nitrogen and oxygen atoms in total. The Morgan fingerprint density at radius 1 is 1.17 bits per heavy atom. The molecular formula is C18H21NO4S. The Hall–Kier alpha value is -2.34. The topological polar surface area (TPSA) is 64.6 Å². The smallest absolute Gasteiger partial charge is 0.341 e. The second-order valence-electron chi connectivity index (χ2n) is 5.21. The predicted molar refractivity (Wildman–Crippen MR) is 95.6 cm³/mol. The summed E-state index contributed by atoms with van der Waals surface area (Å²) in [5.74, 6) is 0.281. The molecule has 1 heterocycles. The molecule has 1 aromatic heterocycles. The van der Waals surface area contributed by atoms with E-state index in [0.717, 1.165) is 10.4 Å². The van der Waals surface area contributed by atoms with E-state index in [-0.39, 0.29) is 18.3 Å². The fraction of sp³-hybridized carbons (Fsp3) is 0.333. The van der Waals surface area contributed by atoms with Crippen LogP contribution in [0.25, 0.3) is 0 Å². The van der Waals surface area contributed by atoms with Crippen molar-refractivity contribution in [3.8, 4) is 5.75 Å². The molecular weight excluding hydrogens is 326 g/mol. The lowest BCUT2D eigenvalue weighted by atomic mass is 10.1. The van der Waals surface area contributed by atoms with Crippen molar-refractivity contribution in [1.82, 2.24) is 0 Å². The Balaban J connectivity index is 2.12. The van der Waals surface area contributed by atoms with Gasteiger partial charge in [-0.15, -0.1) is 11.3 Å². The highest BCUT2D eigenvalue weighted by Gasteiger charge is 2.21. The number of anilines is 1. The molecule has 1 N–H and O–H groups in total. The number of Topliss-reactive ketones (excluding diaryl/α,β-unsaturated/α-hetero) is 1. The van der Waals surface area contributed by atoms with Crippen molar-refractivity contribution in [3.63, 3.8) is 0 Å². The number of rotatable bonds is 7. The standard InChI is InChI=1S/C18H21NO4S/c1-5-23-18(21)16-11(2)12(3)24-17(16)19-10-15(20)13-6-8-14(22-4)9-7-13/h6-9,19H,5,10H2,1-4H3. The normalized spacial score (nSPS) is 10.3. The molecule has 0 aliphatic rings. The summed E-state index contributed by atoms with van der Waals surface area (Å²) in [4.78, 5) is 25.5. The Kier molecular flexibility index (Phi) is 5.98. The molecule has 0 unspecified atom stereocenters. The zero-order valence-electron chi connectivity index (χ0n) is 14.3. The number of thiophene rings is 1. The van der Waals surface area contributed by atoms with Gasteiger partial charge in [0.25, 0.3) is 0 Å². The average molecular weight is 347 g/mol. The first-order valence-corrected chi connectivity index (χ1v) is 8.47. The third kappa shape index (κ3) is 3.94. The first-order valence-electron chi connectivity index (χ1n) is 7.66. The summed E-state index contributed by atoms with van der Waals surface area (Å²) in [6.07, 6.45) is 0. The lowest BCUT2D eigenvalue weighted by Crippen LogP contribution is -2.16. The summed E-state index contributed by atoms with van der Waals surface area (Å²) in [5.41, 5.74) is 1.99. The third-order valence-corrected chi connectivity index (χ3v) is 4.85. The van der Waals surface area contributed by atoms with Crippen LogP contribution in [0.5, 0.6) is 5.75 Å². The minimum atomic E-state index is -0.362. The first kappa shape index (κ1) is 18.0. The second-order valence-corrected chi connectivity index (χ2v) is 6.44. The number of ketones is 1. The quantitative estimate of drug-likeness (QED) is 0.609. The molecule has 24 heavy (non-hydrogen) atoms. The molecule has 2 aromatic rings. The van der Waals surface area contributed by atoms with Gasteiger partial charge in [-0.2, -0.15) is 0 Å². The Labute approximate surface area is 145 Å². The molecule has 2 rings (SSSR count). The van der Waals surface area contributed by atoms with Crippen LogP contribution < -0.4 is 10.1 Å². The third-order valence-electron chi connectivity index (χ3n) is 3.69. The van der Waals surface area contributed by atoms with Crippen molar-refractivity contribution in [2.24, 2.45) is 0 Å². The maximum atomic E-state index is 12.3. The number of aryl methyl sites for hydroxylation is 1.